The fourth-order valence-corrected chi connectivity index (χ4v) is 2.17. The first kappa shape index (κ1) is 23.4. The number of ether oxygens (including phenoxy) is 1. The van der Waals surface area contributed by atoms with Crippen LogP contribution in [0.4, 0.5) is 0 Å². The van der Waals surface area contributed by atoms with Crippen LogP contribution in [0.25, 0.3) is 0 Å². The van der Waals surface area contributed by atoms with Crippen molar-refractivity contribution in [3.05, 3.63) is 0 Å². The smallest absolute Gasteiger partial charge is 0.243 e. The van der Waals surface area contributed by atoms with E-state index in [4.69, 9.17) is 4.74 Å². The molecule has 1 fully saturated rings. The molecule has 1 saturated carbocycles. The Bertz CT molecular complexity index is 398. The summed E-state index contributed by atoms with van der Waals surface area (Å²) in [4.78, 5) is 17.7. The van der Waals surface area contributed by atoms with Crippen molar-refractivity contribution in [2.24, 2.45) is 10.4 Å². The lowest BCUT2D eigenvalue weighted by molar-refractivity contribution is -0.127. The van der Waals surface area contributed by atoms with E-state index in [1.54, 1.807) is 19.0 Å². The van der Waals surface area contributed by atoms with Gasteiger partial charge in [-0.3, -0.25) is 4.79 Å². The van der Waals surface area contributed by atoms with Crippen LogP contribution >= 0.6 is 24.0 Å². The first-order chi connectivity index (χ1) is 10.9. The summed E-state index contributed by atoms with van der Waals surface area (Å²) >= 11 is 0. The molecule has 0 heterocycles. The van der Waals surface area contributed by atoms with Gasteiger partial charge < -0.3 is 20.3 Å². The summed E-state index contributed by atoms with van der Waals surface area (Å²) in [5.41, 5.74) is 0.346. The second kappa shape index (κ2) is 11.9. The van der Waals surface area contributed by atoms with Crippen molar-refractivity contribution in [2.75, 3.05) is 40.4 Å². The van der Waals surface area contributed by atoms with E-state index in [1.165, 1.54) is 12.8 Å². The van der Waals surface area contributed by atoms with Crippen molar-refractivity contribution >= 4 is 35.8 Å². The maximum absolute atomic E-state index is 11.7. The lowest BCUT2D eigenvalue weighted by Gasteiger charge is -2.21. The van der Waals surface area contributed by atoms with E-state index in [9.17, 15) is 4.79 Å². The van der Waals surface area contributed by atoms with Gasteiger partial charge in [0.05, 0.1) is 0 Å². The van der Waals surface area contributed by atoms with Crippen LogP contribution in [0.5, 0.6) is 0 Å². The van der Waals surface area contributed by atoms with E-state index in [0.717, 1.165) is 38.6 Å². The number of aliphatic imine (C=N–C) groups is 1. The Balaban J connectivity index is 0.00000529. The highest BCUT2D eigenvalue weighted by Gasteiger charge is 2.42. The summed E-state index contributed by atoms with van der Waals surface area (Å²) in [5, 5.41) is 6.79. The number of hydrogen-bond acceptors (Lipinski definition) is 3. The summed E-state index contributed by atoms with van der Waals surface area (Å²) in [7, 11) is 3.50. The molecule has 0 spiro atoms. The summed E-state index contributed by atoms with van der Waals surface area (Å²) < 4.78 is 5.48. The topological polar surface area (TPSA) is 66.0 Å². The van der Waals surface area contributed by atoms with E-state index >= 15 is 0 Å². The van der Waals surface area contributed by atoms with Crippen LogP contribution in [0.15, 0.2) is 4.99 Å². The number of halogens is 1. The Morgan fingerprint density at radius 2 is 2.00 bits per heavy atom. The van der Waals surface area contributed by atoms with Gasteiger partial charge in [0, 0.05) is 39.9 Å². The van der Waals surface area contributed by atoms with E-state index in [0.29, 0.717) is 11.5 Å². The highest BCUT2D eigenvalue weighted by molar-refractivity contribution is 14.0. The van der Waals surface area contributed by atoms with Crippen LogP contribution in [-0.2, 0) is 9.53 Å². The third-order valence-electron chi connectivity index (χ3n) is 4.44. The van der Waals surface area contributed by atoms with Crippen molar-refractivity contribution in [2.45, 2.75) is 52.5 Å². The molecule has 0 aromatic carbocycles. The third kappa shape index (κ3) is 9.05. The molecule has 142 valence electrons. The average Bonchev–Trinajstić information content (AvgIpc) is 3.29. The number of guanidine groups is 1. The highest BCUT2D eigenvalue weighted by atomic mass is 127. The van der Waals surface area contributed by atoms with Crippen LogP contribution in [-0.4, -0.2) is 63.2 Å². The van der Waals surface area contributed by atoms with E-state index < -0.39 is 0 Å². The zero-order valence-electron chi connectivity index (χ0n) is 15.9. The maximum atomic E-state index is 11.7. The van der Waals surface area contributed by atoms with Gasteiger partial charge in [0.25, 0.3) is 0 Å². The van der Waals surface area contributed by atoms with Gasteiger partial charge in [-0.1, -0.05) is 6.92 Å². The van der Waals surface area contributed by atoms with Crippen LogP contribution in [0.2, 0.25) is 0 Å². The Hall–Kier alpha value is -0.570. The Morgan fingerprint density at radius 3 is 2.50 bits per heavy atom. The number of nitrogens with one attached hydrogen (secondary N) is 2. The minimum atomic E-state index is 0. The number of carbonyl (C=O) groups excluding carboxylic acids is 1. The number of likely N-dealkylation sites (N-methyl/N-ethyl adjacent to an activating group) is 1. The highest BCUT2D eigenvalue weighted by Crippen LogP contribution is 2.48. The molecule has 0 aliphatic heterocycles. The Labute approximate surface area is 164 Å². The van der Waals surface area contributed by atoms with Gasteiger partial charge in [-0.2, -0.15) is 0 Å². The SMILES string of the molecule is CCOCCC1(CNC(=NCC(=O)N(C)C)NC(C)CC)CC1.I. The van der Waals surface area contributed by atoms with Crippen molar-refractivity contribution in [1.29, 1.82) is 0 Å². The number of carbonyl (C=O) groups is 1. The normalized spacial score (nSPS) is 16.8. The quantitative estimate of drug-likeness (QED) is 0.230. The lowest BCUT2D eigenvalue weighted by Crippen LogP contribution is -2.44. The second-order valence-corrected chi connectivity index (χ2v) is 6.71. The molecule has 1 rings (SSSR count). The first-order valence-electron chi connectivity index (χ1n) is 8.75. The molecule has 1 aliphatic carbocycles. The minimum absolute atomic E-state index is 0. The van der Waals surface area contributed by atoms with Gasteiger partial charge in [0.1, 0.15) is 6.54 Å². The van der Waals surface area contributed by atoms with Crippen molar-refractivity contribution < 1.29 is 9.53 Å². The minimum Gasteiger partial charge on any atom is -0.382 e. The molecule has 2 N–H and O–H groups in total. The predicted octanol–water partition coefficient (Wildman–Crippen LogP) is 2.23. The molecule has 0 saturated heterocycles. The third-order valence-corrected chi connectivity index (χ3v) is 4.44. The molecular formula is C17H35IN4O2. The molecule has 1 unspecified atom stereocenters. The monoisotopic (exact) mass is 454 g/mol. The van der Waals surface area contributed by atoms with Gasteiger partial charge in [-0.15, -0.1) is 24.0 Å². The number of nitrogens with zero attached hydrogens (tertiary/aromatic N) is 2. The molecule has 1 aliphatic rings. The van der Waals surface area contributed by atoms with Gasteiger partial charge in [0.2, 0.25) is 5.91 Å². The number of amides is 1. The zero-order valence-corrected chi connectivity index (χ0v) is 18.2. The van der Waals surface area contributed by atoms with Crippen LogP contribution in [0.1, 0.15) is 46.5 Å². The van der Waals surface area contributed by atoms with Gasteiger partial charge >= 0.3 is 0 Å². The first-order valence-corrected chi connectivity index (χ1v) is 8.75. The van der Waals surface area contributed by atoms with E-state index in [2.05, 4.69) is 29.5 Å². The van der Waals surface area contributed by atoms with Gasteiger partial charge in [-0.25, -0.2) is 4.99 Å². The molecule has 1 amide bonds. The van der Waals surface area contributed by atoms with Gasteiger partial charge in [0.15, 0.2) is 5.96 Å². The standard InChI is InChI=1S/C17H34N4O2.HI/c1-6-14(3)20-16(18-12-15(22)21(4)5)19-13-17(8-9-17)10-11-23-7-2;/h14H,6-13H2,1-5H3,(H2,18,19,20);1H. The van der Waals surface area contributed by atoms with Gasteiger partial charge in [-0.05, 0) is 44.9 Å². The van der Waals surface area contributed by atoms with Crippen molar-refractivity contribution in [3.63, 3.8) is 0 Å². The molecule has 7 heteroatoms. The van der Waals surface area contributed by atoms with Crippen molar-refractivity contribution in [1.82, 2.24) is 15.5 Å². The molecule has 0 aromatic heterocycles. The fraction of sp³-hybridized carbons (Fsp3) is 0.882. The molecule has 1 atom stereocenters. The largest absolute Gasteiger partial charge is 0.382 e. The Kier molecular flexibility index (Phi) is 11.6. The lowest BCUT2D eigenvalue weighted by atomic mass is 10.0. The molecular weight excluding hydrogens is 419 g/mol. The average molecular weight is 454 g/mol. The summed E-state index contributed by atoms with van der Waals surface area (Å²) in [6.07, 6.45) is 4.57. The van der Waals surface area contributed by atoms with Crippen LogP contribution in [0.3, 0.4) is 0 Å². The molecule has 6 nitrogen and oxygen atoms in total. The van der Waals surface area contributed by atoms with Crippen LogP contribution < -0.4 is 10.6 Å². The molecule has 0 radical (unpaired) electrons. The zero-order chi connectivity index (χ0) is 17.3. The molecule has 0 aromatic rings. The summed E-state index contributed by atoms with van der Waals surface area (Å²) in [6.45, 7) is 8.93. The van der Waals surface area contributed by atoms with Crippen LogP contribution in [0, 0.1) is 5.41 Å². The summed E-state index contributed by atoms with van der Waals surface area (Å²) in [5.74, 6) is 0.741. The fourth-order valence-electron chi connectivity index (χ4n) is 2.17. The molecule has 24 heavy (non-hydrogen) atoms. The van der Waals surface area contributed by atoms with Crippen molar-refractivity contribution in [3.8, 4) is 0 Å². The molecule has 0 bridgehead atoms. The Morgan fingerprint density at radius 1 is 1.33 bits per heavy atom. The number of rotatable bonds is 10. The second-order valence-electron chi connectivity index (χ2n) is 6.71. The maximum Gasteiger partial charge on any atom is 0.243 e. The van der Waals surface area contributed by atoms with E-state index in [-0.39, 0.29) is 36.4 Å². The van der Waals surface area contributed by atoms with E-state index in [1.807, 2.05) is 6.92 Å². The number of hydrogen-bond donors (Lipinski definition) is 2. The summed E-state index contributed by atoms with van der Waals surface area (Å²) in [6, 6.07) is 0.328. The predicted molar refractivity (Wildman–Crippen MR) is 110 cm³/mol.